The Kier molecular flexibility index (Phi) is 5.26. The molecule has 3 aromatic rings. The Morgan fingerprint density at radius 2 is 1.75 bits per heavy atom. The first-order valence-corrected chi connectivity index (χ1v) is 9.67. The van der Waals surface area contributed by atoms with Crippen LogP contribution in [0.15, 0.2) is 60.9 Å². The van der Waals surface area contributed by atoms with Crippen molar-refractivity contribution >= 4 is 23.3 Å². The first-order chi connectivity index (χ1) is 13.6. The van der Waals surface area contributed by atoms with E-state index in [-0.39, 0.29) is 5.91 Å². The maximum absolute atomic E-state index is 12.7. The molecular weight excluding hydrogens is 372 g/mol. The van der Waals surface area contributed by atoms with Crippen LogP contribution in [0, 0.1) is 6.92 Å². The molecule has 1 saturated heterocycles. The van der Waals surface area contributed by atoms with E-state index in [9.17, 15) is 4.79 Å². The van der Waals surface area contributed by atoms with Crippen LogP contribution < -0.4 is 4.90 Å². The zero-order valence-electron chi connectivity index (χ0n) is 15.7. The van der Waals surface area contributed by atoms with Gasteiger partial charge in [0.15, 0.2) is 0 Å². The Bertz CT molecular complexity index is 999. The van der Waals surface area contributed by atoms with Crippen LogP contribution in [0.5, 0.6) is 0 Å². The number of benzene rings is 2. The summed E-state index contributed by atoms with van der Waals surface area (Å²) in [6, 6.07) is 17.4. The zero-order chi connectivity index (χ0) is 19.5. The number of carbonyl (C=O) groups excluding carboxylic acids is 1. The second-order valence-corrected chi connectivity index (χ2v) is 7.36. The fourth-order valence-electron chi connectivity index (χ4n) is 3.42. The van der Waals surface area contributed by atoms with E-state index in [2.05, 4.69) is 40.0 Å². The van der Waals surface area contributed by atoms with Crippen molar-refractivity contribution in [3.05, 3.63) is 77.1 Å². The zero-order valence-corrected chi connectivity index (χ0v) is 16.4. The Morgan fingerprint density at radius 1 is 0.964 bits per heavy atom. The van der Waals surface area contributed by atoms with E-state index >= 15 is 0 Å². The highest BCUT2D eigenvalue weighted by Gasteiger charge is 2.23. The van der Waals surface area contributed by atoms with Crippen LogP contribution in [0.25, 0.3) is 11.3 Å². The van der Waals surface area contributed by atoms with Crippen molar-refractivity contribution in [2.45, 2.75) is 6.92 Å². The molecule has 1 amide bonds. The number of rotatable bonds is 3. The minimum atomic E-state index is 0.0188. The average molecular weight is 393 g/mol. The standard InChI is InChI=1S/C22H21ClN4O/c1-16-4-2-5-17(12-16)20-14-21(25-15-24-20)26-8-10-27(11-9-26)22(28)18-6-3-7-19(23)13-18/h2-7,12-15H,8-11H2,1H3. The summed E-state index contributed by atoms with van der Waals surface area (Å²) < 4.78 is 0. The van der Waals surface area contributed by atoms with Gasteiger partial charge >= 0.3 is 0 Å². The molecule has 2 aromatic carbocycles. The molecular formula is C22H21ClN4O. The van der Waals surface area contributed by atoms with E-state index in [0.29, 0.717) is 23.7 Å². The lowest BCUT2D eigenvalue weighted by molar-refractivity contribution is 0.0746. The van der Waals surface area contributed by atoms with Crippen LogP contribution in [-0.4, -0.2) is 47.0 Å². The van der Waals surface area contributed by atoms with Crippen LogP contribution in [0.4, 0.5) is 5.82 Å². The third kappa shape index (κ3) is 3.99. The fourth-order valence-corrected chi connectivity index (χ4v) is 3.62. The van der Waals surface area contributed by atoms with Crippen molar-refractivity contribution in [3.8, 4) is 11.3 Å². The van der Waals surface area contributed by atoms with Gasteiger partial charge in [0.25, 0.3) is 5.91 Å². The maximum atomic E-state index is 12.7. The second kappa shape index (κ2) is 7.98. The number of halogens is 1. The van der Waals surface area contributed by atoms with Crippen molar-refractivity contribution in [3.63, 3.8) is 0 Å². The third-order valence-corrected chi connectivity index (χ3v) is 5.16. The lowest BCUT2D eigenvalue weighted by atomic mass is 10.1. The predicted molar refractivity (Wildman–Crippen MR) is 112 cm³/mol. The van der Waals surface area contributed by atoms with Crippen molar-refractivity contribution in [2.24, 2.45) is 0 Å². The number of hydrogen-bond donors (Lipinski definition) is 0. The lowest BCUT2D eigenvalue weighted by Crippen LogP contribution is -2.49. The van der Waals surface area contributed by atoms with Crippen molar-refractivity contribution in [2.75, 3.05) is 31.1 Å². The van der Waals surface area contributed by atoms with Crippen LogP contribution in [0.1, 0.15) is 15.9 Å². The minimum Gasteiger partial charge on any atom is -0.353 e. The van der Waals surface area contributed by atoms with Crippen molar-refractivity contribution < 1.29 is 4.79 Å². The summed E-state index contributed by atoms with van der Waals surface area (Å²) in [5, 5.41) is 0.578. The smallest absolute Gasteiger partial charge is 0.254 e. The van der Waals surface area contributed by atoms with Gasteiger partial charge in [0.05, 0.1) is 5.69 Å². The molecule has 2 heterocycles. The van der Waals surface area contributed by atoms with Gasteiger partial charge in [-0.3, -0.25) is 4.79 Å². The van der Waals surface area contributed by atoms with Gasteiger partial charge in [-0.25, -0.2) is 9.97 Å². The minimum absolute atomic E-state index is 0.0188. The Balaban J connectivity index is 1.45. The molecule has 6 heteroatoms. The molecule has 0 aliphatic carbocycles. The summed E-state index contributed by atoms with van der Waals surface area (Å²) in [5.74, 6) is 0.909. The summed E-state index contributed by atoms with van der Waals surface area (Å²) in [5.41, 5.74) is 3.82. The number of nitrogens with zero attached hydrogens (tertiary/aromatic N) is 4. The average Bonchev–Trinajstić information content (AvgIpc) is 2.73. The second-order valence-electron chi connectivity index (χ2n) is 6.92. The molecule has 1 fully saturated rings. The first-order valence-electron chi connectivity index (χ1n) is 9.29. The molecule has 0 atom stereocenters. The highest BCUT2D eigenvalue weighted by Crippen LogP contribution is 2.23. The van der Waals surface area contributed by atoms with Crippen LogP contribution in [-0.2, 0) is 0 Å². The van der Waals surface area contributed by atoms with E-state index in [1.165, 1.54) is 5.56 Å². The quantitative estimate of drug-likeness (QED) is 0.674. The summed E-state index contributed by atoms with van der Waals surface area (Å²) >= 11 is 6.01. The monoisotopic (exact) mass is 392 g/mol. The van der Waals surface area contributed by atoms with Gasteiger partial charge in [-0.05, 0) is 31.2 Å². The molecule has 5 nitrogen and oxygen atoms in total. The Labute approximate surface area is 169 Å². The molecule has 0 N–H and O–H groups in total. The van der Waals surface area contributed by atoms with Gasteiger partial charge in [-0.2, -0.15) is 0 Å². The van der Waals surface area contributed by atoms with E-state index in [1.54, 1.807) is 30.6 Å². The van der Waals surface area contributed by atoms with E-state index in [0.717, 1.165) is 30.2 Å². The van der Waals surface area contributed by atoms with Gasteiger partial charge in [0.2, 0.25) is 0 Å². The van der Waals surface area contributed by atoms with Gasteiger partial charge in [-0.1, -0.05) is 41.4 Å². The highest BCUT2D eigenvalue weighted by atomic mass is 35.5. The Morgan fingerprint density at radius 3 is 2.50 bits per heavy atom. The molecule has 142 valence electrons. The predicted octanol–water partition coefficient (Wildman–Crippen LogP) is 4.07. The first kappa shape index (κ1) is 18.4. The van der Waals surface area contributed by atoms with E-state index < -0.39 is 0 Å². The molecule has 0 unspecified atom stereocenters. The Hall–Kier alpha value is -2.92. The molecule has 1 aromatic heterocycles. The summed E-state index contributed by atoms with van der Waals surface area (Å²) in [4.78, 5) is 25.6. The molecule has 0 spiro atoms. The third-order valence-electron chi connectivity index (χ3n) is 4.93. The number of anilines is 1. The topological polar surface area (TPSA) is 49.3 Å². The van der Waals surface area contributed by atoms with Crippen molar-refractivity contribution in [1.82, 2.24) is 14.9 Å². The van der Waals surface area contributed by atoms with Crippen LogP contribution in [0.2, 0.25) is 5.02 Å². The number of piperazine rings is 1. The number of amides is 1. The number of aromatic nitrogens is 2. The van der Waals surface area contributed by atoms with Gasteiger partial charge in [-0.15, -0.1) is 0 Å². The molecule has 0 saturated carbocycles. The maximum Gasteiger partial charge on any atom is 0.254 e. The normalized spacial score (nSPS) is 14.2. The number of hydrogen-bond acceptors (Lipinski definition) is 4. The van der Waals surface area contributed by atoms with Crippen LogP contribution in [0.3, 0.4) is 0 Å². The largest absolute Gasteiger partial charge is 0.353 e. The molecule has 0 radical (unpaired) electrons. The lowest BCUT2D eigenvalue weighted by Gasteiger charge is -2.35. The van der Waals surface area contributed by atoms with Gasteiger partial charge in [0.1, 0.15) is 12.1 Å². The SMILES string of the molecule is Cc1cccc(-c2cc(N3CCN(C(=O)c4cccc(Cl)c4)CC3)ncn2)c1. The molecule has 4 rings (SSSR count). The van der Waals surface area contributed by atoms with Gasteiger partial charge < -0.3 is 9.80 Å². The van der Waals surface area contributed by atoms with Crippen LogP contribution >= 0.6 is 11.6 Å². The summed E-state index contributed by atoms with van der Waals surface area (Å²) in [7, 11) is 0. The summed E-state index contributed by atoms with van der Waals surface area (Å²) in [6.07, 6.45) is 1.61. The molecule has 28 heavy (non-hydrogen) atoms. The number of aryl methyl sites for hydroxylation is 1. The molecule has 0 bridgehead atoms. The molecule has 1 aliphatic rings. The van der Waals surface area contributed by atoms with Gasteiger partial charge in [0, 0.05) is 48.4 Å². The summed E-state index contributed by atoms with van der Waals surface area (Å²) in [6.45, 7) is 4.83. The van der Waals surface area contributed by atoms with E-state index in [4.69, 9.17) is 11.6 Å². The fraction of sp³-hybridized carbons (Fsp3) is 0.227. The van der Waals surface area contributed by atoms with E-state index in [1.807, 2.05) is 17.0 Å². The highest BCUT2D eigenvalue weighted by molar-refractivity contribution is 6.30. The molecule has 1 aliphatic heterocycles. The van der Waals surface area contributed by atoms with Crippen molar-refractivity contribution in [1.29, 1.82) is 0 Å². The number of carbonyl (C=O) groups is 1.